The molecule has 4 nitrogen and oxygen atoms in total. The molecule has 0 bridgehead atoms. The maximum atomic E-state index is 10.5. The number of hydrogen-bond acceptors (Lipinski definition) is 3. The fourth-order valence-electron chi connectivity index (χ4n) is 0.810. The van der Waals surface area contributed by atoms with E-state index in [1.807, 2.05) is 0 Å². The summed E-state index contributed by atoms with van der Waals surface area (Å²) in [5, 5.41) is 2.68. The zero-order valence-corrected chi connectivity index (χ0v) is 4.89. The molecule has 50 valence electrons. The second-order valence-electron chi connectivity index (χ2n) is 2.08. The molecule has 0 aromatic carbocycles. The van der Waals surface area contributed by atoms with E-state index < -0.39 is 11.9 Å². The van der Waals surface area contributed by atoms with E-state index in [1.165, 1.54) is 0 Å². The number of rotatable bonds is 1. The maximum Gasteiger partial charge on any atom is 0.235 e. The summed E-state index contributed by atoms with van der Waals surface area (Å²) < 4.78 is 0. The van der Waals surface area contributed by atoms with Gasteiger partial charge >= 0.3 is 0 Å². The lowest BCUT2D eigenvalue weighted by molar-refractivity contribution is -0.121. The quantitative estimate of drug-likeness (QED) is 0.447. The van der Waals surface area contributed by atoms with Crippen molar-refractivity contribution in [3.63, 3.8) is 0 Å². The smallest absolute Gasteiger partial charge is 0.235 e. The Labute approximate surface area is 52.4 Å². The van der Waals surface area contributed by atoms with Crippen LogP contribution in [0, 0.1) is 0 Å². The van der Waals surface area contributed by atoms with Crippen molar-refractivity contribution in [2.45, 2.75) is 12.5 Å². The van der Waals surface area contributed by atoms with E-state index in [0.717, 1.165) is 0 Å². The van der Waals surface area contributed by atoms with Crippen LogP contribution in [0.1, 0.15) is 6.42 Å². The second-order valence-corrected chi connectivity index (χ2v) is 2.08. The van der Waals surface area contributed by atoms with Gasteiger partial charge in [0.05, 0.1) is 12.6 Å². The molecule has 0 radical (unpaired) electrons. The Morgan fingerprint density at radius 1 is 1.78 bits per heavy atom. The summed E-state index contributed by atoms with van der Waals surface area (Å²) >= 11 is 0. The fraction of sp³-hybridized carbons (Fsp3) is 0.600. The molecule has 1 aliphatic heterocycles. The largest absolute Gasteiger partial charge is 0.368 e. The molecule has 1 rings (SSSR count). The first-order chi connectivity index (χ1) is 4.20. The molecule has 0 saturated carbocycles. The number of carbonyl (C=O) groups excluding carboxylic acids is 2. The Hall–Kier alpha value is -0.900. The van der Waals surface area contributed by atoms with Crippen LogP contribution < -0.4 is 11.1 Å². The van der Waals surface area contributed by atoms with Crippen molar-refractivity contribution >= 4 is 11.7 Å². The summed E-state index contributed by atoms with van der Waals surface area (Å²) in [6.07, 6.45) is 0.259. The van der Waals surface area contributed by atoms with Crippen molar-refractivity contribution in [3.05, 3.63) is 0 Å². The van der Waals surface area contributed by atoms with E-state index in [2.05, 4.69) is 5.32 Å². The molecular weight excluding hydrogens is 120 g/mol. The van der Waals surface area contributed by atoms with Crippen molar-refractivity contribution in [1.82, 2.24) is 5.32 Å². The summed E-state index contributed by atoms with van der Waals surface area (Å²) in [4.78, 5) is 20.8. The topological polar surface area (TPSA) is 72.2 Å². The molecule has 1 saturated heterocycles. The summed E-state index contributed by atoms with van der Waals surface area (Å²) in [5.41, 5.74) is 4.91. The monoisotopic (exact) mass is 128 g/mol. The van der Waals surface area contributed by atoms with Crippen molar-refractivity contribution < 1.29 is 9.59 Å². The molecule has 1 atom stereocenters. The Bertz CT molecular complexity index is 155. The molecule has 0 aliphatic carbocycles. The molecule has 1 fully saturated rings. The molecule has 0 spiro atoms. The molecule has 0 aromatic rings. The summed E-state index contributed by atoms with van der Waals surface area (Å²) in [6.45, 7) is 0.285. The van der Waals surface area contributed by atoms with Crippen LogP contribution in [0.15, 0.2) is 0 Å². The predicted molar refractivity (Wildman–Crippen MR) is 30.6 cm³/mol. The lowest BCUT2D eigenvalue weighted by Crippen LogP contribution is -2.36. The van der Waals surface area contributed by atoms with E-state index in [4.69, 9.17) is 5.73 Å². The fourth-order valence-corrected chi connectivity index (χ4v) is 0.810. The zero-order chi connectivity index (χ0) is 6.85. The molecule has 1 unspecified atom stereocenters. The van der Waals surface area contributed by atoms with Crippen molar-refractivity contribution in [1.29, 1.82) is 0 Å². The minimum absolute atomic E-state index is 0.0544. The van der Waals surface area contributed by atoms with Gasteiger partial charge in [-0.2, -0.15) is 0 Å². The predicted octanol–water partition coefficient (Wildman–Crippen LogP) is -1.60. The van der Waals surface area contributed by atoms with E-state index in [1.54, 1.807) is 0 Å². The summed E-state index contributed by atoms with van der Waals surface area (Å²) in [5.74, 6) is -0.389. The molecule has 9 heavy (non-hydrogen) atoms. The van der Waals surface area contributed by atoms with Gasteiger partial charge in [0.2, 0.25) is 5.91 Å². The SMILES string of the molecule is NC(=O)C1CC(=O)CN1. The van der Waals surface area contributed by atoms with E-state index in [-0.39, 0.29) is 18.7 Å². The van der Waals surface area contributed by atoms with E-state index in [0.29, 0.717) is 0 Å². The number of Topliss-reactive ketones (excluding diaryl/α,β-unsaturated/α-hetero) is 1. The first kappa shape index (κ1) is 6.22. The van der Waals surface area contributed by atoms with Gasteiger partial charge in [-0.25, -0.2) is 0 Å². The number of hydrogen-bond donors (Lipinski definition) is 2. The van der Waals surface area contributed by atoms with Crippen LogP contribution in [0.4, 0.5) is 0 Å². The van der Waals surface area contributed by atoms with Gasteiger partial charge in [0.15, 0.2) is 0 Å². The molecule has 0 aromatic heterocycles. The first-order valence-corrected chi connectivity index (χ1v) is 2.74. The minimum atomic E-state index is -0.444. The maximum absolute atomic E-state index is 10.5. The van der Waals surface area contributed by atoms with Gasteiger partial charge in [-0.05, 0) is 0 Å². The third kappa shape index (κ3) is 1.26. The van der Waals surface area contributed by atoms with Crippen LogP contribution in [0.5, 0.6) is 0 Å². The number of carbonyl (C=O) groups is 2. The normalized spacial score (nSPS) is 26.7. The van der Waals surface area contributed by atoms with Crippen LogP contribution >= 0.6 is 0 Å². The number of nitrogens with one attached hydrogen (secondary N) is 1. The van der Waals surface area contributed by atoms with Gasteiger partial charge < -0.3 is 5.73 Å². The Balaban J connectivity index is 2.48. The number of ketones is 1. The van der Waals surface area contributed by atoms with Gasteiger partial charge in [-0.1, -0.05) is 0 Å². The summed E-state index contributed by atoms with van der Waals surface area (Å²) in [7, 11) is 0. The van der Waals surface area contributed by atoms with Gasteiger partial charge in [0.25, 0.3) is 0 Å². The Kier molecular flexibility index (Phi) is 1.48. The second kappa shape index (κ2) is 2.14. The molecule has 1 aliphatic rings. The van der Waals surface area contributed by atoms with Gasteiger partial charge in [0.1, 0.15) is 5.78 Å². The van der Waals surface area contributed by atoms with Crippen LogP contribution in [0.3, 0.4) is 0 Å². The molecule has 1 amide bonds. The number of primary amides is 1. The van der Waals surface area contributed by atoms with E-state index >= 15 is 0 Å². The third-order valence-electron chi connectivity index (χ3n) is 1.32. The van der Waals surface area contributed by atoms with Crippen molar-refractivity contribution in [3.8, 4) is 0 Å². The molecule has 1 heterocycles. The average Bonchev–Trinajstić information content (AvgIpc) is 2.14. The van der Waals surface area contributed by atoms with Gasteiger partial charge in [-0.15, -0.1) is 0 Å². The Morgan fingerprint density at radius 3 is 2.67 bits per heavy atom. The standard InChI is InChI=1S/C5H8N2O2/c6-5(9)4-1-3(8)2-7-4/h4,7H,1-2H2,(H2,6,9). The average molecular weight is 128 g/mol. The number of amides is 1. The summed E-state index contributed by atoms with van der Waals surface area (Å²) in [6, 6.07) is -0.419. The van der Waals surface area contributed by atoms with Crippen LogP contribution in [0.25, 0.3) is 0 Å². The van der Waals surface area contributed by atoms with Crippen molar-refractivity contribution in [2.24, 2.45) is 5.73 Å². The lowest BCUT2D eigenvalue weighted by atomic mass is 10.2. The van der Waals surface area contributed by atoms with Crippen LogP contribution in [-0.2, 0) is 9.59 Å². The molecule has 4 heteroatoms. The number of nitrogens with two attached hydrogens (primary N) is 1. The zero-order valence-electron chi connectivity index (χ0n) is 4.89. The van der Waals surface area contributed by atoms with Gasteiger partial charge in [0, 0.05) is 6.42 Å². The highest BCUT2D eigenvalue weighted by Gasteiger charge is 2.24. The highest BCUT2D eigenvalue weighted by molar-refractivity contribution is 5.92. The lowest BCUT2D eigenvalue weighted by Gasteiger charge is -1.99. The molecular formula is C5H8N2O2. The van der Waals surface area contributed by atoms with Crippen LogP contribution in [-0.4, -0.2) is 24.3 Å². The molecule has 3 N–H and O–H groups in total. The highest BCUT2D eigenvalue weighted by atomic mass is 16.2. The van der Waals surface area contributed by atoms with Crippen LogP contribution in [0.2, 0.25) is 0 Å². The minimum Gasteiger partial charge on any atom is -0.368 e. The third-order valence-corrected chi connectivity index (χ3v) is 1.32. The Morgan fingerprint density at radius 2 is 2.44 bits per heavy atom. The highest BCUT2D eigenvalue weighted by Crippen LogP contribution is 1.99. The van der Waals surface area contributed by atoms with Crippen molar-refractivity contribution in [2.75, 3.05) is 6.54 Å². The van der Waals surface area contributed by atoms with E-state index in [9.17, 15) is 9.59 Å². The first-order valence-electron chi connectivity index (χ1n) is 2.74. The van der Waals surface area contributed by atoms with Gasteiger partial charge in [-0.3, -0.25) is 14.9 Å².